The summed E-state index contributed by atoms with van der Waals surface area (Å²) < 4.78 is 0. The van der Waals surface area contributed by atoms with Crippen LogP contribution in [0.2, 0.25) is 0 Å². The van der Waals surface area contributed by atoms with E-state index in [-0.39, 0.29) is 12.3 Å². The van der Waals surface area contributed by atoms with E-state index in [0.29, 0.717) is 6.54 Å². The Morgan fingerprint density at radius 3 is 3.00 bits per heavy atom. The van der Waals surface area contributed by atoms with Crippen molar-refractivity contribution < 1.29 is 4.79 Å². The van der Waals surface area contributed by atoms with Crippen LogP contribution in [0.3, 0.4) is 0 Å². The van der Waals surface area contributed by atoms with Crippen molar-refractivity contribution in [2.24, 2.45) is 5.73 Å². The minimum Gasteiger partial charge on any atom is -0.370 e. The summed E-state index contributed by atoms with van der Waals surface area (Å²) in [6, 6.07) is 0. The third-order valence-corrected chi connectivity index (χ3v) is 0.911. The molecule has 1 aromatic rings. The van der Waals surface area contributed by atoms with Gasteiger partial charge < -0.3 is 5.73 Å². The Morgan fingerprint density at radius 1 is 1.70 bits per heavy atom. The van der Waals surface area contributed by atoms with Gasteiger partial charge in [0.1, 0.15) is 0 Å². The molecule has 2 N–H and O–H groups in total. The van der Waals surface area contributed by atoms with Crippen molar-refractivity contribution in [1.82, 2.24) is 20.2 Å². The number of hydrogen-bond acceptors (Lipinski definition) is 4. The molecule has 1 heterocycles. The quantitative estimate of drug-likeness (QED) is 0.544. The van der Waals surface area contributed by atoms with Gasteiger partial charge in [-0.1, -0.05) is 0 Å². The molecule has 6 heteroatoms. The average Bonchev–Trinajstić information content (AvgIpc) is 2.34. The van der Waals surface area contributed by atoms with Crippen LogP contribution in [-0.2, 0) is 11.3 Å². The number of aryl methyl sites for hydroxylation is 1. The van der Waals surface area contributed by atoms with Crippen molar-refractivity contribution in [3.8, 4) is 0 Å². The largest absolute Gasteiger partial charge is 0.370 e. The standard InChI is InChI=1S/C4H6N5O/c5-4(10)1-2-9-7-3-6-8-9/h1-2H2,(H2,5,10). The topological polar surface area (TPSA) is 86.7 Å². The first-order chi connectivity index (χ1) is 4.79. The van der Waals surface area contributed by atoms with Gasteiger partial charge in [0, 0.05) is 6.42 Å². The fourth-order valence-electron chi connectivity index (χ4n) is 0.468. The predicted molar refractivity (Wildman–Crippen MR) is 30.5 cm³/mol. The molecule has 0 aliphatic carbocycles. The Labute approximate surface area is 57.0 Å². The van der Waals surface area contributed by atoms with E-state index in [4.69, 9.17) is 5.73 Å². The second kappa shape index (κ2) is 2.90. The number of carbonyl (C=O) groups is 1. The Morgan fingerprint density at radius 2 is 2.50 bits per heavy atom. The molecule has 0 bridgehead atoms. The molecule has 1 aromatic heterocycles. The minimum atomic E-state index is -0.377. The van der Waals surface area contributed by atoms with E-state index in [1.807, 2.05) is 0 Å². The van der Waals surface area contributed by atoms with Gasteiger partial charge in [0.2, 0.25) is 12.2 Å². The molecule has 0 aromatic carbocycles. The van der Waals surface area contributed by atoms with E-state index in [1.54, 1.807) is 0 Å². The van der Waals surface area contributed by atoms with Crippen LogP contribution in [0.4, 0.5) is 0 Å². The van der Waals surface area contributed by atoms with Crippen LogP contribution in [0, 0.1) is 6.33 Å². The van der Waals surface area contributed by atoms with Crippen LogP contribution in [0.15, 0.2) is 0 Å². The molecule has 0 spiro atoms. The lowest BCUT2D eigenvalue weighted by atomic mass is 10.4. The van der Waals surface area contributed by atoms with Gasteiger partial charge in [-0.05, 0) is 5.21 Å². The lowest BCUT2D eigenvalue weighted by molar-refractivity contribution is -0.118. The fourth-order valence-corrected chi connectivity index (χ4v) is 0.468. The number of amides is 1. The SMILES string of the molecule is NC(=O)CCn1n[c]nn1. The second-order valence-electron chi connectivity index (χ2n) is 1.70. The Balaban J connectivity index is 2.35. The van der Waals surface area contributed by atoms with Crippen LogP contribution < -0.4 is 5.73 Å². The summed E-state index contributed by atoms with van der Waals surface area (Å²) in [5.74, 6) is -0.377. The van der Waals surface area contributed by atoms with Gasteiger partial charge >= 0.3 is 0 Å². The van der Waals surface area contributed by atoms with Crippen molar-refractivity contribution in [3.63, 3.8) is 0 Å². The maximum Gasteiger partial charge on any atom is 0.245 e. The lowest BCUT2D eigenvalue weighted by Crippen LogP contribution is -2.15. The van der Waals surface area contributed by atoms with Gasteiger partial charge in [0.15, 0.2) is 0 Å². The van der Waals surface area contributed by atoms with E-state index in [2.05, 4.69) is 21.7 Å². The molecule has 0 saturated carbocycles. The van der Waals surface area contributed by atoms with Gasteiger partial charge in [-0.3, -0.25) is 4.79 Å². The molecule has 0 saturated heterocycles. The van der Waals surface area contributed by atoms with Crippen LogP contribution in [0.25, 0.3) is 0 Å². The first kappa shape index (κ1) is 6.66. The van der Waals surface area contributed by atoms with E-state index < -0.39 is 0 Å². The Hall–Kier alpha value is -1.46. The molecule has 0 aliphatic heterocycles. The summed E-state index contributed by atoms with van der Waals surface area (Å²) in [4.78, 5) is 11.5. The molecular weight excluding hydrogens is 134 g/mol. The van der Waals surface area contributed by atoms with Gasteiger partial charge in [-0.2, -0.15) is 4.80 Å². The molecule has 10 heavy (non-hydrogen) atoms. The summed E-state index contributed by atoms with van der Waals surface area (Å²) in [6.45, 7) is 0.367. The Kier molecular flexibility index (Phi) is 1.93. The smallest absolute Gasteiger partial charge is 0.245 e. The molecule has 1 radical (unpaired) electrons. The predicted octanol–water partition coefficient (Wildman–Crippen LogP) is -1.65. The van der Waals surface area contributed by atoms with Crippen LogP contribution >= 0.6 is 0 Å². The molecule has 0 aliphatic rings. The zero-order chi connectivity index (χ0) is 7.40. The summed E-state index contributed by atoms with van der Waals surface area (Å²) in [5.41, 5.74) is 4.87. The molecule has 0 unspecified atom stereocenters. The van der Waals surface area contributed by atoms with Gasteiger partial charge in [-0.15, -0.1) is 10.2 Å². The second-order valence-corrected chi connectivity index (χ2v) is 1.70. The van der Waals surface area contributed by atoms with Gasteiger partial charge in [-0.25, -0.2) is 0 Å². The van der Waals surface area contributed by atoms with Gasteiger partial charge in [0.25, 0.3) is 0 Å². The monoisotopic (exact) mass is 140 g/mol. The van der Waals surface area contributed by atoms with Crippen molar-refractivity contribution in [1.29, 1.82) is 0 Å². The number of rotatable bonds is 3. The van der Waals surface area contributed by atoms with Crippen molar-refractivity contribution in [2.45, 2.75) is 13.0 Å². The van der Waals surface area contributed by atoms with Gasteiger partial charge in [0.05, 0.1) is 6.54 Å². The zero-order valence-electron chi connectivity index (χ0n) is 5.19. The van der Waals surface area contributed by atoms with E-state index in [9.17, 15) is 4.79 Å². The molecule has 0 fully saturated rings. The first-order valence-corrected chi connectivity index (χ1v) is 2.71. The summed E-state index contributed by atoms with van der Waals surface area (Å²) in [6.07, 6.45) is 2.48. The molecular formula is C4H6N5O. The number of carbonyl (C=O) groups excluding carboxylic acids is 1. The Bertz CT molecular complexity index is 205. The van der Waals surface area contributed by atoms with Crippen LogP contribution in [0.1, 0.15) is 6.42 Å². The van der Waals surface area contributed by atoms with E-state index >= 15 is 0 Å². The fraction of sp³-hybridized carbons (Fsp3) is 0.500. The highest BCUT2D eigenvalue weighted by Gasteiger charge is 1.96. The molecule has 6 nitrogen and oxygen atoms in total. The third kappa shape index (κ3) is 1.81. The zero-order valence-corrected chi connectivity index (χ0v) is 5.19. The summed E-state index contributed by atoms with van der Waals surface area (Å²) in [7, 11) is 0. The van der Waals surface area contributed by atoms with Crippen molar-refractivity contribution >= 4 is 5.91 Å². The number of nitrogens with two attached hydrogens (primary N) is 1. The number of aromatic nitrogens is 4. The average molecular weight is 140 g/mol. The van der Waals surface area contributed by atoms with E-state index in [1.165, 1.54) is 4.80 Å². The minimum absolute atomic E-state index is 0.226. The highest BCUT2D eigenvalue weighted by molar-refractivity contribution is 5.73. The number of tetrazole rings is 1. The van der Waals surface area contributed by atoms with Crippen LogP contribution in [0.5, 0.6) is 0 Å². The molecule has 53 valence electrons. The third-order valence-electron chi connectivity index (χ3n) is 0.911. The van der Waals surface area contributed by atoms with Crippen molar-refractivity contribution in [2.75, 3.05) is 0 Å². The van der Waals surface area contributed by atoms with Crippen LogP contribution in [-0.4, -0.2) is 26.1 Å². The maximum atomic E-state index is 10.2. The molecule has 1 rings (SSSR count). The highest BCUT2D eigenvalue weighted by atomic mass is 16.1. The normalized spacial score (nSPS) is 9.60. The number of primary amides is 1. The number of nitrogens with zero attached hydrogens (tertiary/aromatic N) is 4. The maximum absolute atomic E-state index is 10.2. The summed E-state index contributed by atoms with van der Waals surface area (Å²) in [5, 5.41) is 10.4. The first-order valence-electron chi connectivity index (χ1n) is 2.71. The summed E-state index contributed by atoms with van der Waals surface area (Å²) >= 11 is 0. The van der Waals surface area contributed by atoms with Crippen molar-refractivity contribution in [3.05, 3.63) is 6.33 Å². The highest BCUT2D eigenvalue weighted by Crippen LogP contribution is 1.80. The molecule has 1 amide bonds. The lowest BCUT2D eigenvalue weighted by Gasteiger charge is -1.92. The number of hydrogen-bond donors (Lipinski definition) is 1. The molecule has 0 atom stereocenters. The van der Waals surface area contributed by atoms with E-state index in [0.717, 1.165) is 0 Å².